The predicted octanol–water partition coefficient (Wildman–Crippen LogP) is 2.92. The Morgan fingerprint density at radius 1 is 1.57 bits per heavy atom. The van der Waals surface area contributed by atoms with Gasteiger partial charge in [0.2, 0.25) is 6.08 Å². The van der Waals surface area contributed by atoms with Crippen molar-refractivity contribution >= 4 is 6.08 Å². The number of aryl methyl sites for hydroxylation is 1. The normalized spacial score (nSPS) is 11.9. The molecule has 0 heterocycles. The molecule has 14 heavy (non-hydrogen) atoms. The van der Waals surface area contributed by atoms with Crippen LogP contribution in [0.4, 0.5) is 4.39 Å². The second kappa shape index (κ2) is 4.68. The van der Waals surface area contributed by atoms with Crippen LogP contribution in [0.5, 0.6) is 0 Å². The van der Waals surface area contributed by atoms with E-state index < -0.39 is 6.04 Å². The number of hydrogen-bond acceptors (Lipinski definition) is 2. The quantitative estimate of drug-likeness (QED) is 0.536. The highest BCUT2D eigenvalue weighted by Gasteiger charge is 2.13. The summed E-state index contributed by atoms with van der Waals surface area (Å²) in [6.45, 7) is 3.55. The Kier molecular flexibility index (Phi) is 3.55. The molecule has 0 radical (unpaired) electrons. The molecular weight excluding hydrogens is 181 g/mol. The molecule has 0 saturated heterocycles. The topological polar surface area (TPSA) is 29.4 Å². The molecule has 0 aromatic heterocycles. The zero-order valence-electron chi connectivity index (χ0n) is 8.25. The Bertz CT molecular complexity index is 370. The van der Waals surface area contributed by atoms with Gasteiger partial charge in [-0.15, -0.1) is 0 Å². The van der Waals surface area contributed by atoms with Crippen molar-refractivity contribution < 1.29 is 9.18 Å². The van der Waals surface area contributed by atoms with Gasteiger partial charge in [-0.25, -0.2) is 9.18 Å². The first-order valence-electron chi connectivity index (χ1n) is 4.52. The van der Waals surface area contributed by atoms with E-state index >= 15 is 0 Å². The lowest BCUT2D eigenvalue weighted by Gasteiger charge is -2.10. The number of rotatable bonds is 3. The van der Waals surface area contributed by atoms with Crippen LogP contribution in [0.3, 0.4) is 0 Å². The van der Waals surface area contributed by atoms with Gasteiger partial charge >= 0.3 is 0 Å². The van der Waals surface area contributed by atoms with E-state index in [-0.39, 0.29) is 5.82 Å². The average Bonchev–Trinajstić information content (AvgIpc) is 2.19. The number of aliphatic imine (C=N–C) groups is 1. The molecule has 0 aliphatic rings. The van der Waals surface area contributed by atoms with Gasteiger partial charge in [-0.1, -0.05) is 25.1 Å². The van der Waals surface area contributed by atoms with Crippen molar-refractivity contribution in [1.82, 2.24) is 0 Å². The van der Waals surface area contributed by atoms with Crippen molar-refractivity contribution in [2.45, 2.75) is 26.3 Å². The molecule has 0 bridgehead atoms. The largest absolute Gasteiger partial charge is 0.235 e. The lowest BCUT2D eigenvalue weighted by Crippen LogP contribution is -1.99. The maximum Gasteiger partial charge on any atom is 0.235 e. The number of hydrogen-bond donors (Lipinski definition) is 0. The summed E-state index contributed by atoms with van der Waals surface area (Å²) in [7, 11) is 0. The predicted molar refractivity (Wildman–Crippen MR) is 52.3 cm³/mol. The van der Waals surface area contributed by atoms with Crippen molar-refractivity contribution in [3.63, 3.8) is 0 Å². The first-order valence-corrected chi connectivity index (χ1v) is 4.52. The van der Waals surface area contributed by atoms with Gasteiger partial charge < -0.3 is 0 Å². The van der Waals surface area contributed by atoms with Gasteiger partial charge in [0.1, 0.15) is 5.82 Å². The first-order chi connectivity index (χ1) is 6.70. The molecule has 3 heteroatoms. The summed E-state index contributed by atoms with van der Waals surface area (Å²) in [4.78, 5) is 13.7. The van der Waals surface area contributed by atoms with E-state index in [4.69, 9.17) is 0 Å². The van der Waals surface area contributed by atoms with Gasteiger partial charge in [0, 0.05) is 5.56 Å². The van der Waals surface area contributed by atoms with Crippen molar-refractivity contribution in [3.8, 4) is 0 Å². The van der Waals surface area contributed by atoms with Crippen LogP contribution in [-0.2, 0) is 4.79 Å². The van der Waals surface area contributed by atoms with Crippen LogP contribution in [0, 0.1) is 12.7 Å². The van der Waals surface area contributed by atoms with Crippen LogP contribution >= 0.6 is 0 Å². The second-order valence-corrected chi connectivity index (χ2v) is 3.12. The summed E-state index contributed by atoms with van der Waals surface area (Å²) in [5, 5.41) is 0. The van der Waals surface area contributed by atoms with Crippen LogP contribution < -0.4 is 0 Å². The number of halogens is 1. The maximum atomic E-state index is 13.6. The molecule has 0 fully saturated rings. The summed E-state index contributed by atoms with van der Waals surface area (Å²) in [6.07, 6.45) is 2.07. The minimum atomic E-state index is -0.410. The number of benzene rings is 1. The summed E-state index contributed by atoms with van der Waals surface area (Å²) >= 11 is 0. The van der Waals surface area contributed by atoms with Gasteiger partial charge in [0.25, 0.3) is 0 Å². The smallest absolute Gasteiger partial charge is 0.211 e. The molecule has 0 aliphatic heterocycles. The van der Waals surface area contributed by atoms with Gasteiger partial charge in [-0.05, 0) is 18.9 Å². The Labute approximate surface area is 82.5 Å². The van der Waals surface area contributed by atoms with Crippen LogP contribution in [-0.4, -0.2) is 6.08 Å². The molecule has 74 valence electrons. The molecule has 0 saturated carbocycles. The van der Waals surface area contributed by atoms with Gasteiger partial charge in [-0.2, -0.15) is 4.99 Å². The first kappa shape index (κ1) is 10.6. The molecule has 0 amide bonds. The molecule has 0 spiro atoms. The van der Waals surface area contributed by atoms with Crippen LogP contribution in [0.1, 0.15) is 30.5 Å². The SMILES string of the molecule is CCC(N=C=O)c1cccc(C)c1F. The summed E-state index contributed by atoms with van der Waals surface area (Å²) < 4.78 is 13.6. The Hall–Kier alpha value is -1.47. The standard InChI is InChI=1S/C11H12FNO/c1-3-10(13-7-14)9-6-4-5-8(2)11(9)12/h4-6,10H,3H2,1-2H3. The minimum absolute atomic E-state index is 0.279. The lowest BCUT2D eigenvalue weighted by atomic mass is 10.0. The van der Waals surface area contributed by atoms with Gasteiger partial charge in [0.15, 0.2) is 0 Å². The van der Waals surface area contributed by atoms with E-state index in [2.05, 4.69) is 4.99 Å². The van der Waals surface area contributed by atoms with Crippen molar-refractivity contribution in [1.29, 1.82) is 0 Å². The third-order valence-electron chi connectivity index (χ3n) is 2.18. The van der Waals surface area contributed by atoms with Crippen molar-refractivity contribution in [3.05, 3.63) is 35.1 Å². The molecule has 1 rings (SSSR count). The molecule has 0 N–H and O–H groups in total. The van der Waals surface area contributed by atoms with Gasteiger partial charge in [0.05, 0.1) is 6.04 Å². The zero-order chi connectivity index (χ0) is 10.6. The maximum absolute atomic E-state index is 13.6. The van der Waals surface area contributed by atoms with Gasteiger partial charge in [-0.3, -0.25) is 0 Å². The lowest BCUT2D eigenvalue weighted by molar-refractivity contribution is 0.545. The summed E-state index contributed by atoms with van der Waals surface area (Å²) in [5.74, 6) is -0.279. The second-order valence-electron chi connectivity index (χ2n) is 3.12. The Balaban J connectivity index is 3.16. The fourth-order valence-electron chi connectivity index (χ4n) is 1.37. The van der Waals surface area contributed by atoms with E-state index in [1.807, 2.05) is 6.92 Å². The molecule has 2 nitrogen and oxygen atoms in total. The Morgan fingerprint density at radius 2 is 2.29 bits per heavy atom. The van der Waals surface area contributed by atoms with E-state index in [0.29, 0.717) is 17.5 Å². The highest BCUT2D eigenvalue weighted by molar-refractivity contribution is 5.36. The fraction of sp³-hybridized carbons (Fsp3) is 0.364. The van der Waals surface area contributed by atoms with Crippen LogP contribution in [0.2, 0.25) is 0 Å². The Morgan fingerprint density at radius 3 is 2.86 bits per heavy atom. The van der Waals surface area contributed by atoms with E-state index in [1.54, 1.807) is 25.1 Å². The number of isocyanates is 1. The molecule has 1 aromatic carbocycles. The zero-order valence-corrected chi connectivity index (χ0v) is 8.25. The summed E-state index contributed by atoms with van der Waals surface area (Å²) in [6, 6.07) is 4.69. The van der Waals surface area contributed by atoms with Crippen molar-refractivity contribution in [2.75, 3.05) is 0 Å². The fourth-order valence-corrected chi connectivity index (χ4v) is 1.37. The van der Waals surface area contributed by atoms with Crippen LogP contribution in [0.25, 0.3) is 0 Å². The molecule has 0 aliphatic carbocycles. The third kappa shape index (κ3) is 2.06. The molecule has 1 aromatic rings. The van der Waals surface area contributed by atoms with E-state index in [0.717, 1.165) is 0 Å². The summed E-state index contributed by atoms with van der Waals surface area (Å²) in [5.41, 5.74) is 1.04. The van der Waals surface area contributed by atoms with E-state index in [9.17, 15) is 9.18 Å². The van der Waals surface area contributed by atoms with Crippen molar-refractivity contribution in [2.24, 2.45) is 4.99 Å². The monoisotopic (exact) mass is 193 g/mol. The third-order valence-corrected chi connectivity index (χ3v) is 2.18. The average molecular weight is 193 g/mol. The molecule has 1 atom stereocenters. The molecule has 1 unspecified atom stereocenters. The van der Waals surface area contributed by atoms with E-state index in [1.165, 1.54) is 6.08 Å². The number of carbonyl (C=O) groups excluding carboxylic acids is 1. The number of nitrogens with zero attached hydrogens (tertiary/aromatic N) is 1. The van der Waals surface area contributed by atoms with Crippen LogP contribution in [0.15, 0.2) is 23.2 Å². The molecular formula is C11H12FNO. The minimum Gasteiger partial charge on any atom is -0.211 e. The highest BCUT2D eigenvalue weighted by Crippen LogP contribution is 2.24. The highest BCUT2D eigenvalue weighted by atomic mass is 19.1.